The zero-order chi connectivity index (χ0) is 28.3. The zero-order valence-electron chi connectivity index (χ0n) is 23.1. The average Bonchev–Trinajstić information content (AvgIpc) is 3.45. The lowest BCUT2D eigenvalue weighted by Crippen LogP contribution is -2.35. The van der Waals surface area contributed by atoms with Gasteiger partial charge in [0, 0.05) is 57.4 Å². The summed E-state index contributed by atoms with van der Waals surface area (Å²) >= 11 is 1.26. The van der Waals surface area contributed by atoms with Crippen molar-refractivity contribution in [2.45, 2.75) is 36.6 Å². The van der Waals surface area contributed by atoms with Gasteiger partial charge in [-0.25, -0.2) is 9.97 Å². The number of hydrogen-bond donors (Lipinski definition) is 3. The van der Waals surface area contributed by atoms with E-state index in [9.17, 15) is 9.00 Å². The molecule has 3 N–H and O–H groups in total. The first-order valence-corrected chi connectivity index (χ1v) is 16.2. The molecule has 1 unspecified atom stereocenters. The number of thiazole rings is 1. The van der Waals surface area contributed by atoms with Crippen molar-refractivity contribution in [2.24, 2.45) is 0 Å². The monoisotopic (exact) mass is 580 g/mol. The van der Waals surface area contributed by atoms with Crippen LogP contribution in [-0.2, 0) is 16.1 Å². The fourth-order valence-electron chi connectivity index (χ4n) is 4.63. The molecule has 1 aromatic carbocycles. The Morgan fingerprint density at radius 2 is 1.88 bits per heavy atom. The van der Waals surface area contributed by atoms with Crippen molar-refractivity contribution in [1.29, 1.82) is 0 Å². The molecule has 0 spiro atoms. The first-order chi connectivity index (χ1) is 19.2. The van der Waals surface area contributed by atoms with Crippen LogP contribution in [0.5, 0.6) is 0 Å². The van der Waals surface area contributed by atoms with Crippen LogP contribution in [0.3, 0.4) is 0 Å². The van der Waals surface area contributed by atoms with Gasteiger partial charge in [-0.15, -0.1) is 11.3 Å². The number of nitrogens with zero attached hydrogens (tertiary/aromatic N) is 5. The molecule has 4 aromatic rings. The second kappa shape index (κ2) is 12.0. The van der Waals surface area contributed by atoms with Crippen LogP contribution in [0.15, 0.2) is 51.7 Å². The third-order valence-corrected chi connectivity index (χ3v) is 10.6. The predicted octanol–water partition coefficient (Wildman–Crippen LogP) is 3.48. The van der Waals surface area contributed by atoms with Gasteiger partial charge in [-0.2, -0.15) is 4.98 Å². The molecular weight excluding hydrogens is 544 g/mol. The van der Waals surface area contributed by atoms with Gasteiger partial charge in [-0.3, -0.25) is 13.6 Å². The Bertz CT molecular complexity index is 1640. The Morgan fingerprint density at radius 3 is 2.58 bits per heavy atom. The van der Waals surface area contributed by atoms with Gasteiger partial charge in [0.1, 0.15) is 14.9 Å². The third kappa shape index (κ3) is 6.35. The smallest absolute Gasteiger partial charge is 0.262 e. The molecule has 1 aliphatic rings. The molecule has 40 heavy (non-hydrogen) atoms. The van der Waals surface area contributed by atoms with Gasteiger partial charge in [0.05, 0.1) is 11.8 Å². The molecule has 0 aliphatic carbocycles. The first-order valence-electron chi connectivity index (χ1n) is 13.4. The number of aryl methyl sites for hydroxylation is 1. The van der Waals surface area contributed by atoms with Gasteiger partial charge >= 0.3 is 0 Å². The molecule has 0 radical (unpaired) electrons. The molecule has 1 aliphatic heterocycles. The number of nitrogens with one attached hydrogen (secondary N) is 3. The SMILES string of the molecule is C=S(=O)(CCN(C)C)c1cnc(-c2cc3cnc(Nc4ccc(NC5CCNCC5)cc4)nc3n(CC)c2=O)s1. The Kier molecular flexibility index (Phi) is 8.50. The lowest BCUT2D eigenvalue weighted by molar-refractivity contribution is 0.435. The first kappa shape index (κ1) is 28.2. The molecular formula is C28H36N8O2S2. The molecule has 1 fully saturated rings. The van der Waals surface area contributed by atoms with Gasteiger partial charge in [0.15, 0.2) is 0 Å². The van der Waals surface area contributed by atoms with E-state index in [1.165, 1.54) is 11.3 Å². The summed E-state index contributed by atoms with van der Waals surface area (Å²) in [5.74, 6) is 4.80. The second-order valence-corrected chi connectivity index (χ2v) is 14.0. The third-order valence-electron chi connectivity index (χ3n) is 6.94. The summed E-state index contributed by atoms with van der Waals surface area (Å²) in [7, 11) is 1.37. The molecule has 5 rings (SSSR count). The average molecular weight is 581 g/mol. The van der Waals surface area contributed by atoms with Gasteiger partial charge in [0.25, 0.3) is 5.56 Å². The van der Waals surface area contributed by atoms with E-state index in [0.29, 0.717) is 51.3 Å². The second-order valence-electron chi connectivity index (χ2n) is 10.3. The minimum absolute atomic E-state index is 0.197. The van der Waals surface area contributed by atoms with Crippen molar-refractivity contribution in [3.8, 4) is 10.6 Å². The van der Waals surface area contributed by atoms with Crippen molar-refractivity contribution in [3.63, 3.8) is 0 Å². The predicted molar refractivity (Wildman–Crippen MR) is 167 cm³/mol. The maximum atomic E-state index is 13.5. The van der Waals surface area contributed by atoms with E-state index >= 15 is 0 Å². The Labute approximate surface area is 238 Å². The normalized spacial score (nSPS) is 15.8. The van der Waals surface area contributed by atoms with Crippen LogP contribution < -0.4 is 21.5 Å². The maximum Gasteiger partial charge on any atom is 0.262 e. The summed E-state index contributed by atoms with van der Waals surface area (Å²) in [5, 5.41) is 11.5. The Morgan fingerprint density at radius 1 is 1.15 bits per heavy atom. The quantitative estimate of drug-likeness (QED) is 0.242. The molecule has 1 atom stereocenters. The number of piperidine rings is 1. The van der Waals surface area contributed by atoms with Crippen molar-refractivity contribution in [3.05, 3.63) is 53.1 Å². The number of fused-ring (bicyclic) bond motifs is 1. The number of anilines is 3. The topological polar surface area (TPSA) is 117 Å². The van der Waals surface area contributed by atoms with Crippen LogP contribution in [0.2, 0.25) is 0 Å². The lowest BCUT2D eigenvalue weighted by atomic mass is 10.1. The summed E-state index contributed by atoms with van der Waals surface area (Å²) in [6.45, 7) is 5.08. The van der Waals surface area contributed by atoms with E-state index in [2.05, 4.69) is 36.8 Å². The van der Waals surface area contributed by atoms with Crippen LogP contribution in [0.25, 0.3) is 21.6 Å². The van der Waals surface area contributed by atoms with E-state index in [-0.39, 0.29) is 5.56 Å². The largest absolute Gasteiger partial charge is 0.382 e. The van der Waals surface area contributed by atoms with Crippen LogP contribution in [0.1, 0.15) is 19.8 Å². The van der Waals surface area contributed by atoms with Crippen molar-refractivity contribution in [2.75, 3.05) is 50.1 Å². The maximum absolute atomic E-state index is 13.5. The highest BCUT2D eigenvalue weighted by atomic mass is 32.2. The number of rotatable bonds is 10. The zero-order valence-corrected chi connectivity index (χ0v) is 24.8. The van der Waals surface area contributed by atoms with Gasteiger partial charge in [-0.1, -0.05) is 0 Å². The van der Waals surface area contributed by atoms with Gasteiger partial charge in [-0.05, 0) is 83.2 Å². The summed E-state index contributed by atoms with van der Waals surface area (Å²) < 4.78 is 15.4. The fraction of sp³-hybridized carbons (Fsp3) is 0.393. The number of benzene rings is 1. The molecule has 0 saturated carbocycles. The van der Waals surface area contributed by atoms with Crippen molar-refractivity contribution < 1.29 is 4.21 Å². The summed E-state index contributed by atoms with van der Waals surface area (Å²) in [5.41, 5.74) is 2.73. The molecule has 212 valence electrons. The highest BCUT2D eigenvalue weighted by molar-refractivity contribution is 8.02. The minimum atomic E-state index is -2.49. The van der Waals surface area contributed by atoms with Crippen LogP contribution >= 0.6 is 11.3 Å². The molecule has 12 heteroatoms. The molecule has 10 nitrogen and oxygen atoms in total. The van der Waals surface area contributed by atoms with E-state index in [1.807, 2.05) is 50.2 Å². The number of pyridine rings is 1. The molecule has 0 bridgehead atoms. The van der Waals surface area contributed by atoms with E-state index < -0.39 is 9.52 Å². The van der Waals surface area contributed by atoms with Crippen LogP contribution in [0, 0.1) is 0 Å². The number of hydrogen-bond acceptors (Lipinski definition) is 10. The van der Waals surface area contributed by atoms with Gasteiger partial charge < -0.3 is 20.9 Å². The van der Waals surface area contributed by atoms with E-state index in [0.717, 1.165) is 42.7 Å². The van der Waals surface area contributed by atoms with E-state index in [1.54, 1.807) is 23.0 Å². The van der Waals surface area contributed by atoms with Crippen LogP contribution in [-0.4, -0.2) is 80.0 Å². The number of aromatic nitrogens is 4. The highest BCUT2D eigenvalue weighted by Crippen LogP contribution is 2.29. The Balaban J connectivity index is 1.37. The fourth-order valence-corrected chi connectivity index (χ4v) is 7.49. The molecule has 3 aromatic heterocycles. The molecule has 0 amide bonds. The standard InChI is InChI=1S/C28H36N8O2S2/c1-5-36-25-19(16-23(27(36)37)26-30-18-24(39-26)40(4,38)15-14-35(2)3)17-31-28(34-25)33-21-8-6-20(7-9-21)32-22-10-12-29-13-11-22/h6-9,16-18,22,29,32H,4-5,10-15H2,1-3H3,(H,31,33,34). The summed E-state index contributed by atoms with van der Waals surface area (Å²) in [6, 6.07) is 10.3. The minimum Gasteiger partial charge on any atom is -0.382 e. The van der Waals surface area contributed by atoms with Gasteiger partial charge in [0.2, 0.25) is 5.95 Å². The molecule has 4 heterocycles. The van der Waals surface area contributed by atoms with E-state index in [4.69, 9.17) is 0 Å². The van der Waals surface area contributed by atoms with Crippen molar-refractivity contribution >= 4 is 55.1 Å². The Hall–Kier alpha value is -3.32. The van der Waals surface area contributed by atoms with Crippen LogP contribution in [0.4, 0.5) is 17.3 Å². The lowest BCUT2D eigenvalue weighted by Gasteiger charge is -2.24. The highest BCUT2D eigenvalue weighted by Gasteiger charge is 2.19. The summed E-state index contributed by atoms with van der Waals surface area (Å²) in [6.07, 6.45) is 5.52. The summed E-state index contributed by atoms with van der Waals surface area (Å²) in [4.78, 5) is 29.1. The van der Waals surface area contributed by atoms with Crippen molar-refractivity contribution in [1.82, 2.24) is 29.7 Å². The molecule has 1 saturated heterocycles.